The largest absolute Gasteiger partial charge is 0.378 e. The fourth-order valence-corrected chi connectivity index (χ4v) is 4.47. The van der Waals surface area contributed by atoms with E-state index in [0.717, 1.165) is 17.8 Å². The molecule has 6 heteroatoms. The number of nitrogens with one attached hydrogen (secondary N) is 1. The van der Waals surface area contributed by atoms with Crippen molar-refractivity contribution in [3.05, 3.63) is 16.6 Å². The molecule has 0 aromatic carbocycles. The summed E-state index contributed by atoms with van der Waals surface area (Å²) >= 11 is 1.56. The highest BCUT2D eigenvalue weighted by molar-refractivity contribution is 7.09. The minimum absolute atomic E-state index is 0.104. The lowest BCUT2D eigenvalue weighted by atomic mass is 9.97. The van der Waals surface area contributed by atoms with Gasteiger partial charge < -0.3 is 15.7 Å². The Bertz CT molecular complexity index is 413. The van der Waals surface area contributed by atoms with E-state index in [1.807, 2.05) is 5.38 Å². The molecule has 0 amide bonds. The van der Waals surface area contributed by atoms with Gasteiger partial charge in [0.1, 0.15) is 11.2 Å². The molecule has 0 spiro atoms. The predicted molar refractivity (Wildman–Crippen MR) is 80.6 cm³/mol. The Morgan fingerprint density at radius 2 is 2.20 bits per heavy atom. The fourth-order valence-electron chi connectivity index (χ4n) is 3.69. The first-order chi connectivity index (χ1) is 9.69. The van der Waals surface area contributed by atoms with E-state index >= 15 is 0 Å². The van der Waals surface area contributed by atoms with Crippen molar-refractivity contribution >= 4 is 11.3 Å². The Hall–Kier alpha value is -0.530. The van der Waals surface area contributed by atoms with Gasteiger partial charge in [-0.3, -0.25) is 5.32 Å². The maximum atomic E-state index is 10.5. The van der Waals surface area contributed by atoms with Crippen molar-refractivity contribution in [2.45, 2.75) is 56.0 Å². The molecule has 1 aromatic rings. The molecule has 5 nitrogen and oxygen atoms in total. The maximum Gasteiger partial charge on any atom is 0.115 e. The molecule has 0 aliphatic carbocycles. The number of nitrogens with two attached hydrogens (primary N) is 1. The van der Waals surface area contributed by atoms with Crippen molar-refractivity contribution in [2.75, 3.05) is 13.6 Å². The van der Waals surface area contributed by atoms with Gasteiger partial charge >= 0.3 is 0 Å². The number of thiazole rings is 1. The van der Waals surface area contributed by atoms with Gasteiger partial charge in [0, 0.05) is 36.2 Å². The second kappa shape index (κ2) is 6.07. The molecule has 2 saturated heterocycles. The zero-order valence-corrected chi connectivity index (χ0v) is 12.7. The molecule has 2 fully saturated rings. The first kappa shape index (κ1) is 14.4. The van der Waals surface area contributed by atoms with Crippen molar-refractivity contribution in [1.29, 1.82) is 0 Å². The van der Waals surface area contributed by atoms with Gasteiger partial charge in [-0.1, -0.05) is 0 Å². The SMILES string of the molecule is CN1C2CCC1CC(NC(O)C(CN)c1nccs1)C2. The molecule has 4 unspecified atom stereocenters. The normalized spacial score (nSPS) is 33.2. The van der Waals surface area contributed by atoms with Gasteiger partial charge in [-0.25, -0.2) is 4.98 Å². The Labute approximate surface area is 124 Å². The van der Waals surface area contributed by atoms with Crippen molar-refractivity contribution in [1.82, 2.24) is 15.2 Å². The number of aliphatic hydroxyl groups is 1. The van der Waals surface area contributed by atoms with E-state index in [9.17, 15) is 5.11 Å². The topological polar surface area (TPSA) is 74.4 Å². The molecule has 2 bridgehead atoms. The van der Waals surface area contributed by atoms with Crippen LogP contribution in [0.5, 0.6) is 0 Å². The summed E-state index contributed by atoms with van der Waals surface area (Å²) in [5.74, 6) is -0.104. The number of rotatable bonds is 5. The van der Waals surface area contributed by atoms with Crippen LogP contribution in [-0.4, -0.2) is 52.9 Å². The first-order valence-electron chi connectivity index (χ1n) is 7.44. The van der Waals surface area contributed by atoms with Crippen LogP contribution in [0.4, 0.5) is 0 Å². The quantitative estimate of drug-likeness (QED) is 0.698. The van der Waals surface area contributed by atoms with Crippen molar-refractivity contribution in [2.24, 2.45) is 5.73 Å². The molecule has 112 valence electrons. The second-order valence-electron chi connectivity index (χ2n) is 6.04. The first-order valence-corrected chi connectivity index (χ1v) is 8.32. The zero-order valence-electron chi connectivity index (χ0n) is 11.9. The monoisotopic (exact) mass is 296 g/mol. The number of aliphatic hydroxyl groups excluding tert-OH is 1. The minimum Gasteiger partial charge on any atom is -0.378 e. The molecule has 3 rings (SSSR count). The minimum atomic E-state index is -0.598. The van der Waals surface area contributed by atoms with E-state index in [1.165, 1.54) is 12.8 Å². The number of nitrogens with zero attached hydrogens (tertiary/aromatic N) is 2. The number of hydrogen-bond acceptors (Lipinski definition) is 6. The van der Waals surface area contributed by atoms with E-state index in [-0.39, 0.29) is 5.92 Å². The van der Waals surface area contributed by atoms with E-state index in [1.54, 1.807) is 17.5 Å². The summed E-state index contributed by atoms with van der Waals surface area (Å²) in [6, 6.07) is 1.75. The zero-order chi connectivity index (χ0) is 14.1. The average Bonchev–Trinajstić information content (AvgIpc) is 2.99. The summed E-state index contributed by atoms with van der Waals surface area (Å²) < 4.78 is 0. The van der Waals surface area contributed by atoms with Crippen molar-refractivity contribution in [3.8, 4) is 0 Å². The number of aromatic nitrogens is 1. The van der Waals surface area contributed by atoms with Crippen LogP contribution < -0.4 is 11.1 Å². The molecule has 20 heavy (non-hydrogen) atoms. The summed E-state index contributed by atoms with van der Waals surface area (Å²) in [5, 5.41) is 16.7. The third kappa shape index (κ3) is 2.76. The lowest BCUT2D eigenvalue weighted by molar-refractivity contribution is 0.0656. The van der Waals surface area contributed by atoms with Gasteiger partial charge in [0.25, 0.3) is 0 Å². The van der Waals surface area contributed by atoms with Crippen LogP contribution in [-0.2, 0) is 0 Å². The molecule has 3 heterocycles. The third-order valence-corrected chi connectivity index (χ3v) is 5.82. The molecule has 4 N–H and O–H groups in total. The molecule has 2 aliphatic heterocycles. The second-order valence-corrected chi connectivity index (χ2v) is 6.97. The lowest BCUT2D eigenvalue weighted by Gasteiger charge is -2.38. The fraction of sp³-hybridized carbons (Fsp3) is 0.786. The summed E-state index contributed by atoms with van der Waals surface area (Å²) in [4.78, 5) is 6.79. The van der Waals surface area contributed by atoms with Gasteiger partial charge in [0.2, 0.25) is 0 Å². The highest BCUT2D eigenvalue weighted by Gasteiger charge is 2.39. The Morgan fingerprint density at radius 1 is 1.50 bits per heavy atom. The molecular weight excluding hydrogens is 272 g/mol. The maximum absolute atomic E-state index is 10.5. The summed E-state index contributed by atoms with van der Waals surface area (Å²) in [5.41, 5.74) is 5.82. The van der Waals surface area contributed by atoms with Crippen LogP contribution in [0.15, 0.2) is 11.6 Å². The number of fused-ring (bicyclic) bond motifs is 2. The van der Waals surface area contributed by atoms with Crippen molar-refractivity contribution < 1.29 is 5.11 Å². The Morgan fingerprint density at radius 3 is 2.75 bits per heavy atom. The molecule has 4 atom stereocenters. The van der Waals surface area contributed by atoms with E-state index < -0.39 is 6.23 Å². The predicted octanol–water partition coefficient (Wildman–Crippen LogP) is 0.719. The smallest absolute Gasteiger partial charge is 0.115 e. The highest BCUT2D eigenvalue weighted by atomic mass is 32.1. The number of piperidine rings is 1. The van der Waals surface area contributed by atoms with Gasteiger partial charge in [0.05, 0.1) is 5.92 Å². The molecule has 1 aromatic heterocycles. The van der Waals surface area contributed by atoms with Crippen LogP contribution in [0.1, 0.15) is 36.6 Å². The van der Waals surface area contributed by atoms with Crippen molar-refractivity contribution in [3.63, 3.8) is 0 Å². The van der Waals surface area contributed by atoms with Crippen LogP contribution in [0.3, 0.4) is 0 Å². The van der Waals surface area contributed by atoms with Gasteiger partial charge in [-0.2, -0.15) is 0 Å². The van der Waals surface area contributed by atoms with E-state index in [2.05, 4.69) is 22.2 Å². The molecule has 0 saturated carbocycles. The Kier molecular flexibility index (Phi) is 4.37. The summed E-state index contributed by atoms with van der Waals surface area (Å²) in [6.07, 6.45) is 6.01. The van der Waals surface area contributed by atoms with Crippen LogP contribution >= 0.6 is 11.3 Å². The van der Waals surface area contributed by atoms with Crippen LogP contribution in [0, 0.1) is 0 Å². The molecule has 2 aliphatic rings. The number of hydrogen-bond donors (Lipinski definition) is 3. The summed E-state index contributed by atoms with van der Waals surface area (Å²) in [7, 11) is 2.23. The molecule has 0 radical (unpaired) electrons. The van der Waals surface area contributed by atoms with E-state index in [0.29, 0.717) is 24.7 Å². The standard InChI is InChI=1S/C14H24N4OS/c1-18-10-2-3-11(18)7-9(6-10)17-13(19)12(8-15)14-16-4-5-20-14/h4-5,9-13,17,19H,2-3,6-8,15H2,1H3. The molecular formula is C14H24N4OS. The lowest BCUT2D eigenvalue weighted by Crippen LogP contribution is -2.51. The summed E-state index contributed by atoms with van der Waals surface area (Å²) in [6.45, 7) is 0.418. The van der Waals surface area contributed by atoms with Gasteiger partial charge in [0.15, 0.2) is 0 Å². The highest BCUT2D eigenvalue weighted by Crippen LogP contribution is 2.34. The van der Waals surface area contributed by atoms with Gasteiger partial charge in [-0.05, 0) is 32.7 Å². The van der Waals surface area contributed by atoms with E-state index in [4.69, 9.17) is 5.73 Å². The van der Waals surface area contributed by atoms with Crippen LogP contribution in [0.2, 0.25) is 0 Å². The van der Waals surface area contributed by atoms with Gasteiger partial charge in [-0.15, -0.1) is 11.3 Å². The average molecular weight is 296 g/mol. The third-order valence-electron chi connectivity index (χ3n) is 4.91. The Balaban J connectivity index is 1.60. The van der Waals surface area contributed by atoms with Crippen LogP contribution in [0.25, 0.3) is 0 Å².